The van der Waals surface area contributed by atoms with Crippen LogP contribution in [0, 0.1) is 23.2 Å². The van der Waals surface area contributed by atoms with Crippen molar-refractivity contribution in [1.29, 1.82) is 0 Å². The number of halogens is 1. The van der Waals surface area contributed by atoms with Crippen molar-refractivity contribution in [2.45, 2.75) is 70.0 Å². The molecule has 1 heterocycles. The van der Waals surface area contributed by atoms with E-state index in [2.05, 4.69) is 22.6 Å². The summed E-state index contributed by atoms with van der Waals surface area (Å²) < 4.78 is 13.1. The molecule has 3 unspecified atom stereocenters. The average Bonchev–Trinajstić information content (AvgIpc) is 3.20. The van der Waals surface area contributed by atoms with Crippen LogP contribution in [0.3, 0.4) is 0 Å². The predicted molar refractivity (Wildman–Crippen MR) is 105 cm³/mol. The van der Waals surface area contributed by atoms with Gasteiger partial charge in [-0.1, -0.05) is 33.7 Å². The van der Waals surface area contributed by atoms with Crippen molar-refractivity contribution >= 4 is 28.4 Å². The van der Waals surface area contributed by atoms with E-state index < -0.39 is 0 Å². The van der Waals surface area contributed by atoms with Gasteiger partial charge in [0.2, 0.25) is 0 Å². The number of carbonyl (C=O) groups is 1. The Kier molecular flexibility index (Phi) is 4.33. The highest BCUT2D eigenvalue weighted by Crippen LogP contribution is 2.62. The number of carbonyl (C=O) groups excluding carboxylic acids is 1. The number of allylic oxidation sites excluding steroid dienone is 1. The predicted octanol–water partition coefficient (Wildman–Crippen LogP) is 4.82. The molecule has 3 nitrogen and oxygen atoms in total. The van der Waals surface area contributed by atoms with Gasteiger partial charge in [-0.2, -0.15) is 0 Å². The molecule has 0 aromatic rings. The first-order valence-corrected chi connectivity index (χ1v) is 11.8. The normalized spacial score (nSPS) is 42.4. The first kappa shape index (κ1) is 17.2. The van der Waals surface area contributed by atoms with Crippen LogP contribution in [-0.4, -0.2) is 29.2 Å². The zero-order valence-electron chi connectivity index (χ0n) is 15.0. The number of hydrogen-bond acceptors (Lipinski definition) is 3. The maximum absolute atomic E-state index is 12.8. The molecule has 4 heteroatoms. The Hall–Kier alpha value is 0.0600. The molecule has 3 fully saturated rings. The molecule has 4 aliphatic carbocycles. The standard InChI is InChI=1S/C21H29IO3/c22-10-9-20-7-5-16-15-6-8-21(24-11-12-25-21)13-14(15)1-2-17(16)18(20)3-4-19(20)23/h16-18H,1-13H2/t16?,17?,18?,20-/m1/s1. The van der Waals surface area contributed by atoms with Crippen molar-refractivity contribution in [2.75, 3.05) is 17.6 Å². The van der Waals surface area contributed by atoms with Crippen LogP contribution in [0.15, 0.2) is 11.1 Å². The molecule has 0 N–H and O–H groups in total. The lowest BCUT2D eigenvalue weighted by atomic mass is 9.53. The van der Waals surface area contributed by atoms with Crippen molar-refractivity contribution in [3.05, 3.63) is 11.1 Å². The molecule has 138 valence electrons. The number of hydrogen-bond donors (Lipinski definition) is 0. The minimum Gasteiger partial charge on any atom is -0.347 e. The summed E-state index contributed by atoms with van der Waals surface area (Å²) in [5, 5.41) is 0. The lowest BCUT2D eigenvalue weighted by Crippen LogP contribution is -2.47. The molecule has 0 aromatic carbocycles. The first-order valence-electron chi connectivity index (χ1n) is 10.3. The molecule has 0 aromatic heterocycles. The van der Waals surface area contributed by atoms with Crippen LogP contribution in [0.1, 0.15) is 64.2 Å². The van der Waals surface area contributed by atoms with Gasteiger partial charge in [0.05, 0.1) is 13.2 Å². The third kappa shape index (κ3) is 2.53. The van der Waals surface area contributed by atoms with Gasteiger partial charge in [0.25, 0.3) is 0 Å². The largest absolute Gasteiger partial charge is 0.347 e. The maximum Gasteiger partial charge on any atom is 0.172 e. The van der Waals surface area contributed by atoms with E-state index in [9.17, 15) is 4.79 Å². The van der Waals surface area contributed by atoms with Crippen molar-refractivity contribution in [1.82, 2.24) is 0 Å². The molecule has 1 spiro atoms. The summed E-state index contributed by atoms with van der Waals surface area (Å²) in [6, 6.07) is 0. The molecule has 2 saturated carbocycles. The highest BCUT2D eigenvalue weighted by Gasteiger charge is 2.57. The summed E-state index contributed by atoms with van der Waals surface area (Å²) in [5.41, 5.74) is 3.46. The van der Waals surface area contributed by atoms with Crippen LogP contribution < -0.4 is 0 Å². The van der Waals surface area contributed by atoms with Gasteiger partial charge >= 0.3 is 0 Å². The van der Waals surface area contributed by atoms with Crippen LogP contribution in [0.25, 0.3) is 0 Å². The molecular formula is C21H29IO3. The van der Waals surface area contributed by atoms with Crippen LogP contribution in [0.4, 0.5) is 0 Å². The number of ketones is 1. The summed E-state index contributed by atoms with van der Waals surface area (Å²) in [7, 11) is 0. The Balaban J connectivity index is 1.42. The number of ether oxygens (including phenoxy) is 2. The lowest BCUT2D eigenvalue weighted by molar-refractivity contribution is -0.165. The number of fused-ring (bicyclic) bond motifs is 4. The minimum atomic E-state index is -0.283. The van der Waals surface area contributed by atoms with E-state index in [4.69, 9.17) is 9.47 Å². The van der Waals surface area contributed by atoms with Gasteiger partial charge in [-0.05, 0) is 62.7 Å². The lowest BCUT2D eigenvalue weighted by Gasteiger charge is -2.52. The van der Waals surface area contributed by atoms with Gasteiger partial charge in [-0.15, -0.1) is 0 Å². The Morgan fingerprint density at radius 2 is 1.88 bits per heavy atom. The zero-order valence-corrected chi connectivity index (χ0v) is 17.2. The summed E-state index contributed by atoms with van der Waals surface area (Å²) in [6.07, 6.45) is 11.2. The Labute approximate surface area is 164 Å². The molecule has 5 rings (SSSR count). The van der Waals surface area contributed by atoms with E-state index in [0.29, 0.717) is 11.7 Å². The molecule has 1 aliphatic heterocycles. The fourth-order valence-corrected chi connectivity index (χ4v) is 8.10. The number of alkyl halides is 1. The molecule has 0 bridgehead atoms. The highest BCUT2D eigenvalue weighted by molar-refractivity contribution is 14.1. The third-order valence-electron chi connectivity index (χ3n) is 8.18. The molecule has 25 heavy (non-hydrogen) atoms. The van der Waals surface area contributed by atoms with Gasteiger partial charge < -0.3 is 9.47 Å². The van der Waals surface area contributed by atoms with E-state index in [-0.39, 0.29) is 11.2 Å². The second-order valence-electron chi connectivity index (χ2n) is 8.92. The van der Waals surface area contributed by atoms with Gasteiger partial charge in [0, 0.05) is 29.1 Å². The van der Waals surface area contributed by atoms with Gasteiger partial charge in [-0.3, -0.25) is 4.79 Å². The van der Waals surface area contributed by atoms with E-state index in [1.807, 2.05) is 0 Å². The average molecular weight is 456 g/mol. The smallest absolute Gasteiger partial charge is 0.172 e. The second kappa shape index (κ2) is 6.30. The second-order valence-corrected chi connectivity index (χ2v) is 10.0. The van der Waals surface area contributed by atoms with Gasteiger partial charge in [0.15, 0.2) is 5.79 Å². The van der Waals surface area contributed by atoms with Crippen molar-refractivity contribution in [3.8, 4) is 0 Å². The third-order valence-corrected chi connectivity index (χ3v) is 8.72. The molecule has 0 radical (unpaired) electrons. The first-order chi connectivity index (χ1) is 12.2. The van der Waals surface area contributed by atoms with E-state index in [1.54, 1.807) is 11.1 Å². The quantitative estimate of drug-likeness (QED) is 0.340. The maximum atomic E-state index is 12.8. The minimum absolute atomic E-state index is 0.0496. The van der Waals surface area contributed by atoms with Crippen LogP contribution in [0.2, 0.25) is 0 Å². The number of Topliss-reactive ketones (excluding diaryl/α,β-unsaturated/α-hetero) is 1. The summed E-state index contributed by atoms with van der Waals surface area (Å²) in [5.74, 6) is 2.50. The van der Waals surface area contributed by atoms with Crippen LogP contribution in [0.5, 0.6) is 0 Å². The molecule has 0 amide bonds. The van der Waals surface area contributed by atoms with E-state index in [0.717, 1.165) is 74.4 Å². The summed E-state index contributed by atoms with van der Waals surface area (Å²) in [4.78, 5) is 12.8. The monoisotopic (exact) mass is 456 g/mol. The van der Waals surface area contributed by atoms with E-state index in [1.165, 1.54) is 19.3 Å². The SMILES string of the molecule is O=C1CCC2C3CCC4=C(CCC5(C4)OCCO5)C3CC[C@]12CCI. The van der Waals surface area contributed by atoms with Crippen LogP contribution >= 0.6 is 22.6 Å². The summed E-state index contributed by atoms with van der Waals surface area (Å²) >= 11 is 2.48. The fourth-order valence-electron chi connectivity index (χ4n) is 7.14. The Morgan fingerprint density at radius 3 is 2.68 bits per heavy atom. The van der Waals surface area contributed by atoms with E-state index >= 15 is 0 Å². The Morgan fingerprint density at radius 1 is 1.04 bits per heavy atom. The van der Waals surface area contributed by atoms with Crippen molar-refractivity contribution in [3.63, 3.8) is 0 Å². The van der Waals surface area contributed by atoms with Gasteiger partial charge in [-0.25, -0.2) is 0 Å². The number of rotatable bonds is 2. The van der Waals surface area contributed by atoms with Crippen molar-refractivity contribution in [2.24, 2.45) is 23.2 Å². The molecule has 1 saturated heterocycles. The molecular weight excluding hydrogens is 427 g/mol. The topological polar surface area (TPSA) is 35.5 Å². The van der Waals surface area contributed by atoms with Crippen LogP contribution in [-0.2, 0) is 14.3 Å². The Bertz CT molecular complexity index is 606. The molecule has 5 aliphatic rings. The highest BCUT2D eigenvalue weighted by atomic mass is 127. The van der Waals surface area contributed by atoms with Crippen molar-refractivity contribution < 1.29 is 14.3 Å². The fraction of sp³-hybridized carbons (Fsp3) is 0.857. The summed E-state index contributed by atoms with van der Waals surface area (Å²) in [6.45, 7) is 1.52. The zero-order chi connectivity index (χ0) is 17.1. The van der Waals surface area contributed by atoms with Gasteiger partial charge in [0.1, 0.15) is 5.78 Å². The molecule has 4 atom stereocenters.